The van der Waals surface area contributed by atoms with Crippen molar-refractivity contribution in [2.24, 2.45) is 0 Å². The minimum Gasteiger partial charge on any atom is -0.462 e. The molecule has 0 radical (unpaired) electrons. The molecule has 146 valence electrons. The highest BCUT2D eigenvalue weighted by Gasteiger charge is 2.27. The largest absolute Gasteiger partial charge is 0.462 e. The van der Waals surface area contributed by atoms with E-state index < -0.39 is 12.0 Å². The first-order valence-corrected chi connectivity index (χ1v) is 10.0. The monoisotopic (exact) mass is 455 g/mol. The number of aromatic nitrogens is 2. The summed E-state index contributed by atoms with van der Waals surface area (Å²) in [5.74, 6) is -1.07. The summed E-state index contributed by atoms with van der Waals surface area (Å²) in [7, 11) is 0. The quantitative estimate of drug-likeness (QED) is 0.520. The molecule has 0 spiro atoms. The van der Waals surface area contributed by atoms with Crippen LogP contribution in [0.1, 0.15) is 63.8 Å². The Hall–Kier alpha value is -2.00. The average molecular weight is 456 g/mol. The van der Waals surface area contributed by atoms with Crippen LogP contribution in [-0.4, -0.2) is 34.0 Å². The second-order valence-electron chi connectivity index (χ2n) is 6.13. The van der Waals surface area contributed by atoms with Crippen molar-refractivity contribution in [1.29, 1.82) is 0 Å². The number of Topliss-reactive ketones (excluding diaryl/α,β-unsaturated/α-hetero) is 1. The smallest absolute Gasteiger partial charge is 0.341 e. The van der Waals surface area contributed by atoms with Crippen molar-refractivity contribution < 1.29 is 19.1 Å². The first-order valence-electron chi connectivity index (χ1n) is 8.43. The van der Waals surface area contributed by atoms with Crippen molar-refractivity contribution in [1.82, 2.24) is 9.78 Å². The van der Waals surface area contributed by atoms with Crippen LogP contribution in [0.4, 0.5) is 5.00 Å². The first-order chi connectivity index (χ1) is 12.6. The van der Waals surface area contributed by atoms with Gasteiger partial charge < -0.3 is 10.1 Å². The van der Waals surface area contributed by atoms with Crippen LogP contribution in [0.3, 0.4) is 0 Å². The normalized spacial score (nSPS) is 12.0. The van der Waals surface area contributed by atoms with Gasteiger partial charge in [0.15, 0.2) is 5.78 Å². The number of ether oxygens (including phenoxy) is 1. The number of aryl methyl sites for hydroxylation is 1. The van der Waals surface area contributed by atoms with Crippen LogP contribution in [0, 0.1) is 20.8 Å². The molecule has 7 nitrogen and oxygen atoms in total. The number of carbonyl (C=O) groups is 3. The van der Waals surface area contributed by atoms with Crippen molar-refractivity contribution >= 4 is 49.9 Å². The minimum absolute atomic E-state index is 0.168. The number of nitrogens with one attached hydrogen (secondary N) is 1. The fraction of sp³-hybridized carbons (Fsp3) is 0.444. The van der Waals surface area contributed by atoms with Gasteiger partial charge in [0, 0.05) is 0 Å². The second-order valence-corrected chi connectivity index (χ2v) is 7.95. The zero-order chi connectivity index (χ0) is 20.5. The molecule has 9 heteroatoms. The summed E-state index contributed by atoms with van der Waals surface area (Å²) in [6.45, 7) is 10.4. The second kappa shape index (κ2) is 8.35. The van der Waals surface area contributed by atoms with Crippen LogP contribution < -0.4 is 5.32 Å². The van der Waals surface area contributed by atoms with Crippen LogP contribution in [0.5, 0.6) is 0 Å². The van der Waals surface area contributed by atoms with E-state index in [1.165, 1.54) is 6.92 Å². The Morgan fingerprint density at radius 1 is 1.30 bits per heavy atom. The van der Waals surface area contributed by atoms with Crippen molar-refractivity contribution in [3.63, 3.8) is 0 Å². The van der Waals surface area contributed by atoms with Gasteiger partial charge in [-0.15, -0.1) is 11.3 Å². The molecular weight excluding hydrogens is 434 g/mol. The van der Waals surface area contributed by atoms with Crippen LogP contribution >= 0.6 is 27.3 Å². The number of nitrogens with zero attached hydrogens (tertiary/aromatic N) is 2. The van der Waals surface area contributed by atoms with Gasteiger partial charge in [-0.2, -0.15) is 5.10 Å². The molecule has 0 aromatic carbocycles. The van der Waals surface area contributed by atoms with Crippen molar-refractivity contribution in [2.45, 2.75) is 47.6 Å². The Morgan fingerprint density at radius 3 is 2.41 bits per heavy atom. The summed E-state index contributed by atoms with van der Waals surface area (Å²) in [6, 6.07) is -0.603. The van der Waals surface area contributed by atoms with E-state index in [1.807, 2.05) is 13.8 Å². The van der Waals surface area contributed by atoms with Gasteiger partial charge in [-0.1, -0.05) is 0 Å². The Bertz CT molecular complexity index is 916. The van der Waals surface area contributed by atoms with Crippen molar-refractivity contribution in [2.75, 3.05) is 11.9 Å². The lowest BCUT2D eigenvalue weighted by molar-refractivity contribution is -0.119. The Kier molecular flexibility index (Phi) is 6.59. The van der Waals surface area contributed by atoms with Gasteiger partial charge in [0.1, 0.15) is 11.0 Å². The molecule has 0 aliphatic heterocycles. The predicted octanol–water partition coefficient (Wildman–Crippen LogP) is 4.21. The molecule has 0 saturated heterocycles. The lowest BCUT2D eigenvalue weighted by Crippen LogP contribution is -2.25. The predicted molar refractivity (Wildman–Crippen MR) is 108 cm³/mol. The molecule has 2 rings (SSSR count). The van der Waals surface area contributed by atoms with Crippen LogP contribution in [0.2, 0.25) is 0 Å². The number of anilines is 1. The Labute approximate surface area is 170 Å². The van der Waals surface area contributed by atoms with Crippen molar-refractivity contribution in [3.8, 4) is 0 Å². The number of hydrogen-bond donors (Lipinski definition) is 1. The minimum atomic E-state index is -0.603. The van der Waals surface area contributed by atoms with Gasteiger partial charge >= 0.3 is 5.97 Å². The third kappa shape index (κ3) is 4.14. The van der Waals surface area contributed by atoms with E-state index in [2.05, 4.69) is 26.3 Å². The number of halogens is 1. The summed E-state index contributed by atoms with van der Waals surface area (Å²) >= 11 is 4.53. The molecule has 1 atom stereocenters. The van der Waals surface area contributed by atoms with Crippen LogP contribution in [0.25, 0.3) is 0 Å². The van der Waals surface area contributed by atoms with Crippen LogP contribution in [-0.2, 0) is 9.53 Å². The number of ketones is 1. The highest BCUT2D eigenvalue weighted by atomic mass is 79.9. The fourth-order valence-electron chi connectivity index (χ4n) is 2.73. The molecule has 2 aromatic rings. The lowest BCUT2D eigenvalue weighted by Gasteiger charge is -2.14. The van der Waals surface area contributed by atoms with E-state index in [0.29, 0.717) is 15.4 Å². The summed E-state index contributed by atoms with van der Waals surface area (Å²) < 4.78 is 7.55. The molecule has 0 aliphatic carbocycles. The fourth-order valence-corrected chi connectivity index (χ4v) is 4.09. The molecule has 1 amide bonds. The summed E-state index contributed by atoms with van der Waals surface area (Å²) in [5, 5.41) is 7.46. The zero-order valence-corrected chi connectivity index (χ0v) is 18.5. The van der Waals surface area contributed by atoms with E-state index in [4.69, 9.17) is 4.74 Å². The molecule has 27 heavy (non-hydrogen) atoms. The van der Waals surface area contributed by atoms with Crippen molar-refractivity contribution in [3.05, 3.63) is 31.9 Å². The van der Waals surface area contributed by atoms with E-state index in [1.54, 1.807) is 25.5 Å². The Balaban J connectivity index is 2.39. The summed E-state index contributed by atoms with van der Waals surface area (Å²) in [6.07, 6.45) is 0. The summed E-state index contributed by atoms with van der Waals surface area (Å²) in [4.78, 5) is 37.4. The van der Waals surface area contributed by atoms with E-state index >= 15 is 0 Å². The first kappa shape index (κ1) is 21.3. The third-order valence-electron chi connectivity index (χ3n) is 4.17. The number of amides is 1. The van der Waals surface area contributed by atoms with E-state index in [-0.39, 0.29) is 23.9 Å². The molecule has 0 aliphatic rings. The van der Waals surface area contributed by atoms with Gasteiger partial charge in [-0.25, -0.2) is 4.79 Å². The molecular formula is C18H22BrN3O4S. The van der Waals surface area contributed by atoms with Gasteiger partial charge in [0.2, 0.25) is 5.91 Å². The van der Waals surface area contributed by atoms with E-state index in [9.17, 15) is 14.4 Å². The summed E-state index contributed by atoms with van der Waals surface area (Å²) in [5.41, 5.74) is 2.35. The maximum Gasteiger partial charge on any atom is 0.341 e. The number of rotatable bonds is 6. The molecule has 0 bridgehead atoms. The number of thiophene rings is 1. The van der Waals surface area contributed by atoms with Gasteiger partial charge in [-0.3, -0.25) is 14.3 Å². The average Bonchev–Trinajstić information content (AvgIpc) is 3.06. The zero-order valence-electron chi connectivity index (χ0n) is 16.1. The topological polar surface area (TPSA) is 90.3 Å². The van der Waals surface area contributed by atoms with Crippen LogP contribution in [0.15, 0.2) is 4.47 Å². The molecule has 0 saturated carbocycles. The molecule has 2 aromatic heterocycles. The standard InChI is InChI=1S/C18H22BrN3O4S/c1-7-26-18(25)13-8(2)15(12(6)23)27-17(13)20-16(24)11(5)22-10(4)14(19)9(3)21-22/h11H,7H2,1-6H3,(H,20,24). The molecule has 1 unspecified atom stereocenters. The number of hydrogen-bond acceptors (Lipinski definition) is 6. The number of carbonyl (C=O) groups excluding carboxylic acids is 3. The lowest BCUT2D eigenvalue weighted by atomic mass is 10.1. The SMILES string of the molecule is CCOC(=O)c1c(NC(=O)C(C)n2nc(C)c(Br)c2C)sc(C(C)=O)c1C. The maximum atomic E-state index is 12.8. The molecule has 2 heterocycles. The maximum absolute atomic E-state index is 12.8. The molecule has 0 fully saturated rings. The molecule has 1 N–H and O–H groups in total. The van der Waals surface area contributed by atoms with E-state index in [0.717, 1.165) is 27.2 Å². The third-order valence-corrected chi connectivity index (χ3v) is 6.62. The Morgan fingerprint density at radius 2 is 1.93 bits per heavy atom. The number of esters is 1. The van der Waals surface area contributed by atoms with Gasteiger partial charge in [0.05, 0.1) is 32.9 Å². The highest BCUT2D eigenvalue weighted by Crippen LogP contribution is 2.34. The van der Waals surface area contributed by atoms with Gasteiger partial charge in [-0.05, 0) is 63.0 Å². The highest BCUT2D eigenvalue weighted by molar-refractivity contribution is 9.10. The van der Waals surface area contributed by atoms with Gasteiger partial charge in [0.25, 0.3) is 0 Å².